The minimum absolute atomic E-state index is 0.625. The van der Waals surface area contributed by atoms with Gasteiger partial charge in [-0.05, 0) is 25.5 Å². The Morgan fingerprint density at radius 3 is 2.77 bits per heavy atom. The van der Waals surface area contributed by atoms with Gasteiger partial charge in [-0.1, -0.05) is 11.9 Å². The maximum Gasteiger partial charge on any atom is 0.154 e. The van der Waals surface area contributed by atoms with Gasteiger partial charge in [-0.15, -0.1) is 0 Å². The molecule has 0 atom stereocenters. The van der Waals surface area contributed by atoms with Crippen molar-refractivity contribution in [2.24, 2.45) is 0 Å². The summed E-state index contributed by atoms with van der Waals surface area (Å²) in [4.78, 5) is 4.24. The highest BCUT2D eigenvalue weighted by Crippen LogP contribution is 2.19. The molecule has 0 aliphatic carbocycles. The van der Waals surface area contributed by atoms with Gasteiger partial charge in [-0.25, -0.2) is 4.98 Å². The predicted octanol–water partition coefficient (Wildman–Crippen LogP) is 2.26. The number of pyridine rings is 1. The molecule has 1 heterocycles. The molecule has 0 unspecified atom stereocenters. The van der Waals surface area contributed by atoms with Gasteiger partial charge in [0.25, 0.3) is 0 Å². The summed E-state index contributed by atoms with van der Waals surface area (Å²) < 4.78 is 2.99. The first kappa shape index (κ1) is 9.87. The molecule has 68 valence electrons. The maximum absolute atomic E-state index is 8.88. The second kappa shape index (κ2) is 4.15. The van der Waals surface area contributed by atoms with Crippen molar-refractivity contribution in [3.05, 3.63) is 22.9 Å². The topological polar surface area (TPSA) is 48.7 Å². The highest BCUT2D eigenvalue weighted by Gasteiger charge is 2.06. The molecule has 0 fully saturated rings. The standard InChI is InChI=1S/C9H11N3S/c1-6-4-7(2)11-9(12-13-3)8(6)5-10/h4H,1-3H3,(H,11,12). The lowest BCUT2D eigenvalue weighted by atomic mass is 10.1. The van der Waals surface area contributed by atoms with Crippen molar-refractivity contribution < 1.29 is 0 Å². The third-order valence-corrected chi connectivity index (χ3v) is 2.05. The second-order valence-electron chi connectivity index (χ2n) is 2.72. The molecule has 1 rings (SSSR count). The van der Waals surface area contributed by atoms with Crippen LogP contribution < -0.4 is 4.72 Å². The summed E-state index contributed by atoms with van der Waals surface area (Å²) in [5.41, 5.74) is 2.51. The molecule has 0 saturated carbocycles. The number of nitrogens with one attached hydrogen (secondary N) is 1. The van der Waals surface area contributed by atoms with Gasteiger partial charge in [-0.3, -0.25) is 0 Å². The number of rotatable bonds is 2. The minimum atomic E-state index is 0.625. The molecule has 4 heteroatoms. The third kappa shape index (κ3) is 2.13. The lowest BCUT2D eigenvalue weighted by Crippen LogP contribution is -1.98. The molecular weight excluding hydrogens is 182 g/mol. The SMILES string of the molecule is CSNc1nc(C)cc(C)c1C#N. The van der Waals surface area contributed by atoms with Crippen LogP contribution in [0.1, 0.15) is 16.8 Å². The number of nitrogens with zero attached hydrogens (tertiary/aromatic N) is 2. The van der Waals surface area contributed by atoms with Gasteiger partial charge in [0.15, 0.2) is 5.82 Å². The molecule has 1 aromatic heterocycles. The first-order valence-electron chi connectivity index (χ1n) is 3.86. The Bertz CT molecular complexity index is 355. The Labute approximate surface area is 82.3 Å². The largest absolute Gasteiger partial charge is 0.314 e. The van der Waals surface area contributed by atoms with E-state index >= 15 is 0 Å². The van der Waals surface area contributed by atoms with Crippen LogP contribution in [0.15, 0.2) is 6.07 Å². The quantitative estimate of drug-likeness (QED) is 0.732. The van der Waals surface area contributed by atoms with Crippen molar-refractivity contribution in [1.29, 1.82) is 5.26 Å². The van der Waals surface area contributed by atoms with Gasteiger partial charge < -0.3 is 4.72 Å². The van der Waals surface area contributed by atoms with Crippen molar-refractivity contribution in [2.45, 2.75) is 13.8 Å². The summed E-state index contributed by atoms with van der Waals surface area (Å²) in [5, 5.41) is 8.88. The Morgan fingerprint density at radius 2 is 2.23 bits per heavy atom. The van der Waals surface area contributed by atoms with E-state index in [1.54, 1.807) is 0 Å². The van der Waals surface area contributed by atoms with Crippen LogP contribution in [0.2, 0.25) is 0 Å². The van der Waals surface area contributed by atoms with E-state index in [0.29, 0.717) is 11.4 Å². The van der Waals surface area contributed by atoms with Gasteiger partial charge in [0, 0.05) is 11.9 Å². The molecule has 0 aromatic carbocycles. The maximum atomic E-state index is 8.88. The van der Waals surface area contributed by atoms with Crippen molar-refractivity contribution in [1.82, 2.24) is 4.98 Å². The lowest BCUT2D eigenvalue weighted by Gasteiger charge is -2.06. The zero-order chi connectivity index (χ0) is 9.84. The number of aromatic nitrogens is 1. The molecular formula is C9H11N3S. The molecule has 0 amide bonds. The summed E-state index contributed by atoms with van der Waals surface area (Å²) in [7, 11) is 0. The molecule has 0 bridgehead atoms. The number of anilines is 1. The van der Waals surface area contributed by atoms with Crippen molar-refractivity contribution in [2.75, 3.05) is 11.0 Å². The van der Waals surface area contributed by atoms with E-state index in [2.05, 4.69) is 15.8 Å². The Kier molecular flexibility index (Phi) is 3.15. The summed E-state index contributed by atoms with van der Waals surface area (Å²) in [5.74, 6) is 0.660. The fraction of sp³-hybridized carbons (Fsp3) is 0.333. The zero-order valence-corrected chi connectivity index (χ0v) is 8.70. The predicted molar refractivity (Wildman–Crippen MR) is 55.6 cm³/mol. The first-order chi connectivity index (χ1) is 6.19. The summed E-state index contributed by atoms with van der Waals surface area (Å²) >= 11 is 1.44. The smallest absolute Gasteiger partial charge is 0.154 e. The van der Waals surface area contributed by atoms with Gasteiger partial charge in [0.2, 0.25) is 0 Å². The van der Waals surface area contributed by atoms with Crippen LogP contribution in [0.3, 0.4) is 0 Å². The molecule has 3 nitrogen and oxygen atoms in total. The van der Waals surface area contributed by atoms with Crippen LogP contribution >= 0.6 is 11.9 Å². The highest BCUT2D eigenvalue weighted by molar-refractivity contribution is 7.99. The molecule has 0 spiro atoms. The molecule has 13 heavy (non-hydrogen) atoms. The average molecular weight is 193 g/mol. The van der Waals surface area contributed by atoms with E-state index in [-0.39, 0.29) is 0 Å². The van der Waals surface area contributed by atoms with Gasteiger partial charge >= 0.3 is 0 Å². The van der Waals surface area contributed by atoms with Gasteiger partial charge in [-0.2, -0.15) is 5.26 Å². The molecule has 1 aromatic rings. The van der Waals surface area contributed by atoms with E-state index in [1.165, 1.54) is 11.9 Å². The Hall–Kier alpha value is -1.21. The molecule has 1 N–H and O–H groups in total. The fourth-order valence-electron chi connectivity index (χ4n) is 1.15. The van der Waals surface area contributed by atoms with Gasteiger partial charge in [0.1, 0.15) is 6.07 Å². The van der Waals surface area contributed by atoms with E-state index < -0.39 is 0 Å². The van der Waals surface area contributed by atoms with Crippen molar-refractivity contribution >= 4 is 17.8 Å². The molecule has 0 aliphatic rings. The second-order valence-corrected chi connectivity index (χ2v) is 3.33. The van der Waals surface area contributed by atoms with Crippen molar-refractivity contribution in [3.63, 3.8) is 0 Å². The molecule has 0 aliphatic heterocycles. The van der Waals surface area contributed by atoms with Crippen molar-refractivity contribution in [3.8, 4) is 6.07 Å². The van der Waals surface area contributed by atoms with E-state index in [0.717, 1.165) is 11.3 Å². The van der Waals surface area contributed by atoms with Gasteiger partial charge in [0.05, 0.1) is 5.56 Å². The monoisotopic (exact) mass is 193 g/mol. The van der Waals surface area contributed by atoms with Crippen LogP contribution in [0.25, 0.3) is 0 Å². The third-order valence-electron chi connectivity index (χ3n) is 1.66. The Morgan fingerprint density at radius 1 is 1.54 bits per heavy atom. The average Bonchev–Trinajstić information content (AvgIpc) is 2.04. The molecule has 0 saturated heterocycles. The van der Waals surface area contributed by atoms with Crippen LogP contribution in [-0.4, -0.2) is 11.2 Å². The van der Waals surface area contributed by atoms with Crippen LogP contribution in [0, 0.1) is 25.2 Å². The fourth-order valence-corrected chi connectivity index (χ4v) is 1.49. The number of aryl methyl sites for hydroxylation is 2. The zero-order valence-electron chi connectivity index (χ0n) is 7.88. The Balaban J connectivity index is 3.23. The molecule has 0 radical (unpaired) electrons. The van der Waals surface area contributed by atoms with Crippen LogP contribution in [0.5, 0.6) is 0 Å². The summed E-state index contributed by atoms with van der Waals surface area (Å²) in [6.07, 6.45) is 1.90. The highest BCUT2D eigenvalue weighted by atomic mass is 32.2. The van der Waals surface area contributed by atoms with Crippen LogP contribution in [-0.2, 0) is 0 Å². The van der Waals surface area contributed by atoms with E-state index in [1.807, 2.05) is 26.2 Å². The number of hydrogen-bond donors (Lipinski definition) is 1. The minimum Gasteiger partial charge on any atom is -0.314 e. The number of nitriles is 1. The summed E-state index contributed by atoms with van der Waals surface area (Å²) in [6, 6.07) is 4.04. The normalized spacial score (nSPS) is 9.38. The number of hydrogen-bond acceptors (Lipinski definition) is 4. The van der Waals surface area contributed by atoms with E-state index in [4.69, 9.17) is 5.26 Å². The van der Waals surface area contributed by atoms with E-state index in [9.17, 15) is 0 Å². The lowest BCUT2D eigenvalue weighted by molar-refractivity contribution is 1.17. The van der Waals surface area contributed by atoms with Crippen LogP contribution in [0.4, 0.5) is 5.82 Å². The first-order valence-corrected chi connectivity index (χ1v) is 5.09. The summed E-state index contributed by atoms with van der Waals surface area (Å²) in [6.45, 7) is 3.83.